The standard InChI is InChI=1S/C16H17NO2S/c1-19-12-7-5-9-17-15(12)16(18)14-10-11-6-3-2-4-8-13(11)20-14/h5,7,9-10H,2-4,6,8H2,1H3. The highest BCUT2D eigenvalue weighted by Gasteiger charge is 2.20. The van der Waals surface area contributed by atoms with Gasteiger partial charge in [-0.3, -0.25) is 4.79 Å². The first-order valence-corrected chi connectivity index (χ1v) is 7.76. The molecule has 0 fully saturated rings. The zero-order valence-electron chi connectivity index (χ0n) is 11.5. The Kier molecular flexibility index (Phi) is 3.83. The highest BCUT2D eigenvalue weighted by molar-refractivity contribution is 7.14. The molecule has 0 N–H and O–H groups in total. The SMILES string of the molecule is COc1cccnc1C(=O)c1cc2c(s1)CCCCC2. The van der Waals surface area contributed by atoms with Crippen LogP contribution in [0.4, 0.5) is 0 Å². The quantitative estimate of drug-likeness (QED) is 0.639. The molecule has 3 rings (SSSR count). The molecule has 0 saturated carbocycles. The molecule has 104 valence electrons. The molecule has 0 saturated heterocycles. The molecule has 20 heavy (non-hydrogen) atoms. The molecule has 2 aromatic rings. The summed E-state index contributed by atoms with van der Waals surface area (Å²) in [5.41, 5.74) is 1.76. The lowest BCUT2D eigenvalue weighted by atomic mass is 10.1. The average molecular weight is 287 g/mol. The van der Waals surface area contributed by atoms with E-state index >= 15 is 0 Å². The minimum Gasteiger partial charge on any atom is -0.494 e. The Hall–Kier alpha value is -1.68. The van der Waals surface area contributed by atoms with E-state index in [2.05, 4.69) is 11.1 Å². The van der Waals surface area contributed by atoms with Gasteiger partial charge in [-0.05, 0) is 49.4 Å². The van der Waals surface area contributed by atoms with E-state index < -0.39 is 0 Å². The van der Waals surface area contributed by atoms with Crippen LogP contribution in [0.2, 0.25) is 0 Å². The van der Waals surface area contributed by atoms with Crippen molar-refractivity contribution >= 4 is 17.1 Å². The van der Waals surface area contributed by atoms with E-state index in [1.54, 1.807) is 36.8 Å². The van der Waals surface area contributed by atoms with E-state index in [-0.39, 0.29) is 5.78 Å². The molecule has 4 heteroatoms. The van der Waals surface area contributed by atoms with E-state index in [1.807, 2.05) is 0 Å². The summed E-state index contributed by atoms with van der Waals surface area (Å²) in [4.78, 5) is 18.9. The summed E-state index contributed by atoms with van der Waals surface area (Å²) in [6, 6.07) is 5.61. The van der Waals surface area contributed by atoms with Crippen LogP contribution >= 0.6 is 11.3 Å². The Bertz CT molecular complexity index is 610. The van der Waals surface area contributed by atoms with Gasteiger partial charge in [-0.1, -0.05) is 6.42 Å². The summed E-state index contributed by atoms with van der Waals surface area (Å²) in [7, 11) is 1.57. The van der Waals surface area contributed by atoms with Crippen LogP contribution in [0.5, 0.6) is 5.75 Å². The number of methoxy groups -OCH3 is 1. The topological polar surface area (TPSA) is 39.2 Å². The molecule has 0 radical (unpaired) electrons. The van der Waals surface area contributed by atoms with Crippen LogP contribution in [0.15, 0.2) is 24.4 Å². The van der Waals surface area contributed by atoms with Crippen molar-refractivity contribution in [3.05, 3.63) is 45.4 Å². The van der Waals surface area contributed by atoms with Gasteiger partial charge in [0.25, 0.3) is 0 Å². The summed E-state index contributed by atoms with van der Waals surface area (Å²) in [6.07, 6.45) is 7.58. The number of rotatable bonds is 3. The monoisotopic (exact) mass is 287 g/mol. The number of hydrogen-bond acceptors (Lipinski definition) is 4. The van der Waals surface area contributed by atoms with Crippen molar-refractivity contribution in [2.75, 3.05) is 7.11 Å². The minimum absolute atomic E-state index is 0.0273. The van der Waals surface area contributed by atoms with E-state index in [9.17, 15) is 4.79 Å². The molecule has 0 amide bonds. The highest BCUT2D eigenvalue weighted by Crippen LogP contribution is 2.31. The van der Waals surface area contributed by atoms with Gasteiger partial charge in [0, 0.05) is 11.1 Å². The fraction of sp³-hybridized carbons (Fsp3) is 0.375. The second-order valence-corrected chi connectivity index (χ2v) is 6.14. The molecule has 0 aromatic carbocycles. The van der Waals surface area contributed by atoms with Crippen LogP contribution in [0.1, 0.15) is 45.1 Å². The number of pyridine rings is 1. The third-order valence-corrected chi connectivity index (χ3v) is 4.91. The second-order valence-electron chi connectivity index (χ2n) is 5.00. The molecule has 0 spiro atoms. The average Bonchev–Trinajstić information content (AvgIpc) is 2.77. The Morgan fingerprint density at radius 1 is 1.30 bits per heavy atom. The van der Waals surface area contributed by atoms with Crippen molar-refractivity contribution in [3.63, 3.8) is 0 Å². The van der Waals surface area contributed by atoms with Gasteiger partial charge in [-0.2, -0.15) is 0 Å². The minimum atomic E-state index is -0.0273. The number of hydrogen-bond donors (Lipinski definition) is 0. The van der Waals surface area contributed by atoms with Gasteiger partial charge >= 0.3 is 0 Å². The fourth-order valence-corrected chi connectivity index (χ4v) is 3.82. The van der Waals surface area contributed by atoms with Gasteiger partial charge in [0.2, 0.25) is 5.78 Å². The normalized spacial score (nSPS) is 14.4. The van der Waals surface area contributed by atoms with Gasteiger partial charge in [-0.15, -0.1) is 11.3 Å². The first-order chi connectivity index (χ1) is 9.79. The number of aromatic nitrogens is 1. The number of fused-ring (bicyclic) bond motifs is 1. The number of nitrogens with zero attached hydrogens (tertiary/aromatic N) is 1. The molecule has 0 unspecified atom stereocenters. The summed E-state index contributed by atoms with van der Waals surface area (Å²) < 4.78 is 5.23. The number of carbonyl (C=O) groups is 1. The maximum absolute atomic E-state index is 12.6. The first-order valence-electron chi connectivity index (χ1n) is 6.95. The van der Waals surface area contributed by atoms with E-state index in [0.29, 0.717) is 11.4 Å². The lowest BCUT2D eigenvalue weighted by Crippen LogP contribution is -2.04. The van der Waals surface area contributed by atoms with Crippen LogP contribution < -0.4 is 4.74 Å². The highest BCUT2D eigenvalue weighted by atomic mass is 32.1. The first kappa shape index (κ1) is 13.3. The van der Waals surface area contributed by atoms with E-state index in [4.69, 9.17) is 4.74 Å². The van der Waals surface area contributed by atoms with Crippen molar-refractivity contribution in [2.45, 2.75) is 32.1 Å². The Morgan fingerprint density at radius 2 is 2.15 bits per heavy atom. The van der Waals surface area contributed by atoms with Crippen LogP contribution in [0, 0.1) is 0 Å². The predicted octanol–water partition coefficient (Wildman–Crippen LogP) is 3.65. The molecular weight excluding hydrogens is 270 g/mol. The third-order valence-electron chi connectivity index (χ3n) is 3.68. The number of ketones is 1. The van der Waals surface area contributed by atoms with Gasteiger partial charge in [0.15, 0.2) is 5.69 Å². The van der Waals surface area contributed by atoms with Gasteiger partial charge in [0.1, 0.15) is 5.75 Å². The fourth-order valence-electron chi connectivity index (χ4n) is 2.62. The summed E-state index contributed by atoms with van der Waals surface area (Å²) in [5.74, 6) is 0.515. The molecule has 2 heterocycles. The lowest BCUT2D eigenvalue weighted by Gasteiger charge is -2.04. The van der Waals surface area contributed by atoms with Crippen molar-refractivity contribution in [3.8, 4) is 5.75 Å². The third kappa shape index (κ3) is 2.48. The van der Waals surface area contributed by atoms with Gasteiger partial charge in [-0.25, -0.2) is 4.98 Å². The molecule has 1 aliphatic rings. The summed E-state index contributed by atoms with van der Waals surface area (Å²) in [5, 5.41) is 0. The number of thiophene rings is 1. The van der Waals surface area contributed by atoms with E-state index in [1.165, 1.54) is 29.7 Å². The van der Waals surface area contributed by atoms with Crippen LogP contribution in [-0.2, 0) is 12.8 Å². The van der Waals surface area contributed by atoms with Crippen LogP contribution in [0.3, 0.4) is 0 Å². The summed E-state index contributed by atoms with van der Waals surface area (Å²) >= 11 is 1.63. The molecule has 0 aliphatic heterocycles. The lowest BCUT2D eigenvalue weighted by molar-refractivity contribution is 0.103. The maximum atomic E-state index is 12.6. The van der Waals surface area contributed by atoms with Crippen molar-refractivity contribution < 1.29 is 9.53 Å². The molecular formula is C16H17NO2S. The van der Waals surface area contributed by atoms with Crippen molar-refractivity contribution in [2.24, 2.45) is 0 Å². The smallest absolute Gasteiger partial charge is 0.225 e. The predicted molar refractivity (Wildman–Crippen MR) is 79.8 cm³/mol. The van der Waals surface area contributed by atoms with Crippen molar-refractivity contribution in [1.29, 1.82) is 0 Å². The Morgan fingerprint density at radius 3 is 3.00 bits per heavy atom. The number of carbonyl (C=O) groups excluding carboxylic acids is 1. The summed E-state index contributed by atoms with van der Waals surface area (Å²) in [6.45, 7) is 0. The van der Waals surface area contributed by atoms with Crippen molar-refractivity contribution in [1.82, 2.24) is 4.98 Å². The van der Waals surface area contributed by atoms with Crippen LogP contribution in [-0.4, -0.2) is 17.9 Å². The molecule has 0 atom stereocenters. The number of aryl methyl sites for hydroxylation is 2. The second kappa shape index (κ2) is 5.75. The molecule has 3 nitrogen and oxygen atoms in total. The Balaban J connectivity index is 1.95. The Labute approximate surface area is 122 Å². The van der Waals surface area contributed by atoms with Gasteiger partial charge in [0.05, 0.1) is 12.0 Å². The number of ether oxygens (including phenoxy) is 1. The molecule has 0 bridgehead atoms. The zero-order chi connectivity index (χ0) is 13.9. The van der Waals surface area contributed by atoms with E-state index in [0.717, 1.165) is 17.7 Å². The maximum Gasteiger partial charge on any atom is 0.225 e. The van der Waals surface area contributed by atoms with Crippen LogP contribution in [0.25, 0.3) is 0 Å². The molecule has 2 aromatic heterocycles. The van der Waals surface area contributed by atoms with Gasteiger partial charge < -0.3 is 4.74 Å². The largest absolute Gasteiger partial charge is 0.494 e. The zero-order valence-corrected chi connectivity index (χ0v) is 12.3. The molecule has 1 aliphatic carbocycles.